The second-order valence-electron chi connectivity index (χ2n) is 8.12. The Labute approximate surface area is 173 Å². The maximum Gasteiger partial charge on any atom is 0.285 e. The van der Waals surface area contributed by atoms with Crippen LogP contribution >= 0.6 is 0 Å². The van der Waals surface area contributed by atoms with Crippen LogP contribution in [-0.4, -0.2) is 43.2 Å². The number of ether oxygens (including phenoxy) is 1. The Morgan fingerprint density at radius 3 is 2.11 bits per heavy atom. The van der Waals surface area contributed by atoms with Crippen molar-refractivity contribution in [3.63, 3.8) is 0 Å². The summed E-state index contributed by atoms with van der Waals surface area (Å²) in [6, 6.07) is 3.98. The summed E-state index contributed by atoms with van der Waals surface area (Å²) in [5, 5.41) is 3.29. The van der Waals surface area contributed by atoms with E-state index in [0.717, 1.165) is 59.4 Å². The minimum absolute atomic E-state index is 0.195. The van der Waals surface area contributed by atoms with E-state index in [-0.39, 0.29) is 11.4 Å². The van der Waals surface area contributed by atoms with Crippen LogP contribution in [0.4, 0.5) is 5.69 Å². The topological polar surface area (TPSA) is 38.3 Å². The van der Waals surface area contributed by atoms with E-state index < -0.39 is 0 Å². The van der Waals surface area contributed by atoms with Crippen LogP contribution < -0.4 is 10.1 Å². The number of carbonyl (C=O) groups is 1. The highest BCUT2D eigenvalue weighted by molar-refractivity contribution is 5.99. The number of unbranched alkanes of at least 4 members (excludes halogenated alkanes) is 2. The molecule has 0 heterocycles. The number of quaternary nitrogens is 1. The van der Waals surface area contributed by atoms with Crippen LogP contribution in [0.25, 0.3) is 0 Å². The fourth-order valence-electron chi connectivity index (χ4n) is 4.38. The maximum atomic E-state index is 13.5. The van der Waals surface area contributed by atoms with Gasteiger partial charge < -0.3 is 14.5 Å². The summed E-state index contributed by atoms with van der Waals surface area (Å²) in [7, 11) is 3.96. The summed E-state index contributed by atoms with van der Waals surface area (Å²) in [5.41, 5.74) is 2.78. The van der Waals surface area contributed by atoms with Gasteiger partial charge in [-0.25, -0.2) is 0 Å². The third kappa shape index (κ3) is 4.89. The van der Waals surface area contributed by atoms with Crippen LogP contribution in [0.3, 0.4) is 0 Å². The van der Waals surface area contributed by atoms with E-state index >= 15 is 0 Å². The monoisotopic (exact) mass is 391 g/mol. The number of carbonyl (C=O) groups excluding carboxylic acids is 1. The third-order valence-corrected chi connectivity index (χ3v) is 6.57. The van der Waals surface area contributed by atoms with Gasteiger partial charge in [0.05, 0.1) is 27.2 Å². The molecule has 1 fully saturated rings. The highest BCUT2D eigenvalue weighted by atomic mass is 16.5. The maximum absolute atomic E-state index is 13.5. The molecule has 4 heteroatoms. The fraction of sp³-hybridized carbons (Fsp3) is 0.708. The van der Waals surface area contributed by atoms with Crippen LogP contribution in [0.15, 0.2) is 12.1 Å². The zero-order valence-corrected chi connectivity index (χ0v) is 19.6. The minimum atomic E-state index is -0.276. The average molecular weight is 392 g/mol. The molecule has 4 nitrogen and oxygen atoms in total. The summed E-state index contributed by atoms with van der Waals surface area (Å²) >= 11 is 0. The Bertz CT molecular complexity index is 614. The van der Waals surface area contributed by atoms with Gasteiger partial charge in [-0.15, -0.1) is 0 Å². The number of anilines is 1. The van der Waals surface area contributed by atoms with Gasteiger partial charge in [-0.2, -0.15) is 0 Å². The standard InChI is InChI=1S/C22H36N2O2.C2H6/c1-7-9-10-14-24(5,8-2)22(12-11-13-22)21(25)23-20-17(3)15-19(26-6)16-18(20)4;1-2/h15-16H,7-14H2,1-6H3;1-2H3/p+1. The van der Waals surface area contributed by atoms with Crippen molar-refractivity contribution in [1.82, 2.24) is 0 Å². The number of likely N-dealkylation sites (N-methyl/N-ethyl adjacent to an activating group) is 1. The molecule has 1 unspecified atom stereocenters. The summed E-state index contributed by atoms with van der Waals surface area (Å²) in [6.07, 6.45) is 6.77. The normalized spacial score (nSPS) is 16.9. The number of rotatable bonds is 9. The molecule has 1 aromatic carbocycles. The van der Waals surface area contributed by atoms with Gasteiger partial charge in [0.15, 0.2) is 5.54 Å². The number of nitrogens with zero attached hydrogens (tertiary/aromatic N) is 1. The van der Waals surface area contributed by atoms with Crippen molar-refractivity contribution in [1.29, 1.82) is 0 Å². The van der Waals surface area contributed by atoms with E-state index in [2.05, 4.69) is 26.2 Å². The van der Waals surface area contributed by atoms with Crippen molar-refractivity contribution in [3.8, 4) is 5.75 Å². The van der Waals surface area contributed by atoms with Crippen LogP contribution in [0.5, 0.6) is 5.75 Å². The first-order valence-electron chi connectivity index (χ1n) is 11.1. The van der Waals surface area contributed by atoms with Gasteiger partial charge in [0.1, 0.15) is 5.75 Å². The smallest absolute Gasteiger partial charge is 0.285 e. The molecule has 0 spiro atoms. The van der Waals surface area contributed by atoms with Gasteiger partial charge in [0, 0.05) is 18.5 Å². The lowest BCUT2D eigenvalue weighted by atomic mass is 9.72. The summed E-state index contributed by atoms with van der Waals surface area (Å²) in [5.74, 6) is 1.03. The third-order valence-electron chi connectivity index (χ3n) is 6.57. The minimum Gasteiger partial charge on any atom is -0.497 e. The molecule has 1 amide bonds. The van der Waals surface area contributed by atoms with Gasteiger partial charge in [-0.05, 0) is 63.3 Å². The van der Waals surface area contributed by atoms with Crippen molar-refractivity contribution >= 4 is 11.6 Å². The van der Waals surface area contributed by atoms with Crippen LogP contribution in [0, 0.1) is 13.8 Å². The predicted molar refractivity (Wildman–Crippen MR) is 120 cm³/mol. The second-order valence-corrected chi connectivity index (χ2v) is 8.12. The Balaban J connectivity index is 0.00000190. The van der Waals surface area contributed by atoms with Crippen molar-refractivity contribution in [3.05, 3.63) is 23.3 Å². The SMILES string of the molecule is CC.CCCCC[N+](C)(CC)C1(C(=O)Nc2c(C)cc(OC)cc2C)CCC1. The number of nitrogens with one attached hydrogen (secondary N) is 1. The van der Waals surface area contributed by atoms with Crippen molar-refractivity contribution in [2.24, 2.45) is 0 Å². The van der Waals surface area contributed by atoms with Gasteiger partial charge in [0.25, 0.3) is 5.91 Å². The lowest BCUT2D eigenvalue weighted by Crippen LogP contribution is -2.71. The van der Waals surface area contributed by atoms with Crippen molar-refractivity contribution < 1.29 is 14.0 Å². The van der Waals surface area contributed by atoms with E-state index in [9.17, 15) is 4.79 Å². The number of hydrogen-bond donors (Lipinski definition) is 1. The molecule has 2 rings (SSSR count). The molecule has 0 bridgehead atoms. The largest absolute Gasteiger partial charge is 0.497 e. The summed E-state index contributed by atoms with van der Waals surface area (Å²) < 4.78 is 6.20. The number of hydrogen-bond acceptors (Lipinski definition) is 2. The molecule has 1 aromatic rings. The van der Waals surface area contributed by atoms with E-state index in [1.54, 1.807) is 7.11 Å². The number of benzene rings is 1. The number of aryl methyl sites for hydroxylation is 2. The van der Waals surface area contributed by atoms with Gasteiger partial charge in [-0.1, -0.05) is 27.2 Å². The number of methoxy groups -OCH3 is 1. The van der Waals surface area contributed by atoms with Crippen LogP contribution in [-0.2, 0) is 4.79 Å². The molecule has 1 N–H and O–H groups in total. The van der Waals surface area contributed by atoms with Crippen LogP contribution in [0.2, 0.25) is 0 Å². The molecule has 0 aromatic heterocycles. The first-order chi connectivity index (χ1) is 13.3. The van der Waals surface area contributed by atoms with Gasteiger partial charge >= 0.3 is 0 Å². The Kier molecular flexibility index (Phi) is 9.49. The van der Waals surface area contributed by atoms with E-state index in [0.29, 0.717) is 0 Å². The zero-order chi connectivity index (χ0) is 21.4. The molecule has 1 aliphatic rings. The highest BCUT2D eigenvalue weighted by Crippen LogP contribution is 2.43. The molecule has 1 aliphatic carbocycles. The van der Waals surface area contributed by atoms with Crippen LogP contribution in [0.1, 0.15) is 77.3 Å². The van der Waals surface area contributed by atoms with Crippen molar-refractivity contribution in [2.75, 3.05) is 32.6 Å². The highest BCUT2D eigenvalue weighted by Gasteiger charge is 2.57. The molecule has 0 aliphatic heterocycles. The summed E-state index contributed by atoms with van der Waals surface area (Å²) in [6.45, 7) is 14.6. The average Bonchev–Trinajstić information content (AvgIpc) is 2.65. The molecular formula is C24H43N2O2+. The van der Waals surface area contributed by atoms with Gasteiger partial charge in [-0.3, -0.25) is 4.79 Å². The first-order valence-corrected chi connectivity index (χ1v) is 11.1. The van der Waals surface area contributed by atoms with Crippen molar-refractivity contribution in [2.45, 2.75) is 85.6 Å². The zero-order valence-electron chi connectivity index (χ0n) is 19.6. The van der Waals surface area contributed by atoms with Gasteiger partial charge in [0.2, 0.25) is 0 Å². The molecule has 0 saturated heterocycles. The lowest BCUT2D eigenvalue weighted by Gasteiger charge is -2.54. The molecular weight excluding hydrogens is 348 g/mol. The predicted octanol–water partition coefficient (Wildman–Crippen LogP) is 5.86. The molecule has 0 radical (unpaired) electrons. The first kappa shape index (κ1) is 24.5. The van der Waals surface area contributed by atoms with E-state index in [4.69, 9.17) is 4.74 Å². The molecule has 1 atom stereocenters. The Morgan fingerprint density at radius 1 is 1.14 bits per heavy atom. The van der Waals surface area contributed by atoms with E-state index in [1.165, 1.54) is 19.3 Å². The lowest BCUT2D eigenvalue weighted by molar-refractivity contribution is -0.953. The summed E-state index contributed by atoms with van der Waals surface area (Å²) in [4.78, 5) is 13.5. The Hall–Kier alpha value is -1.55. The molecule has 160 valence electrons. The quantitative estimate of drug-likeness (QED) is 0.423. The number of amides is 1. The second kappa shape index (κ2) is 10.8. The Morgan fingerprint density at radius 2 is 1.71 bits per heavy atom. The molecule has 28 heavy (non-hydrogen) atoms. The van der Waals surface area contributed by atoms with E-state index in [1.807, 2.05) is 39.8 Å². The molecule has 1 saturated carbocycles. The fourth-order valence-corrected chi connectivity index (χ4v) is 4.38.